The number of rotatable bonds is 7. The molecule has 0 N–H and O–H groups in total. The highest BCUT2D eigenvalue weighted by Crippen LogP contribution is 2.42. The second kappa shape index (κ2) is 9.38. The molecule has 1 aliphatic heterocycles. The summed E-state index contributed by atoms with van der Waals surface area (Å²) in [6.07, 6.45) is 3.90. The average Bonchev–Trinajstić information content (AvgIpc) is 3.07. The third kappa shape index (κ3) is 4.34. The van der Waals surface area contributed by atoms with Gasteiger partial charge in [0.2, 0.25) is 0 Å². The number of benzene rings is 2. The van der Waals surface area contributed by atoms with Gasteiger partial charge in [-0.15, -0.1) is 23.2 Å². The van der Waals surface area contributed by atoms with Crippen molar-refractivity contribution < 1.29 is 4.42 Å². The molecular weight excluding hydrogens is 439 g/mol. The average molecular weight is 461 g/mol. The zero-order valence-corrected chi connectivity index (χ0v) is 18.9. The summed E-state index contributed by atoms with van der Waals surface area (Å²) in [6, 6.07) is 16.0. The van der Waals surface area contributed by atoms with Gasteiger partial charge in [-0.3, -0.25) is 0 Å². The molecule has 2 heterocycles. The van der Waals surface area contributed by atoms with Crippen molar-refractivity contribution in [3.63, 3.8) is 0 Å². The summed E-state index contributed by atoms with van der Waals surface area (Å²) >= 11 is 13.6. The number of likely N-dealkylation sites (N-methyl/N-ethyl adjacent to an activating group) is 1. The van der Waals surface area contributed by atoms with Crippen molar-refractivity contribution in [2.75, 3.05) is 41.7 Å². The summed E-state index contributed by atoms with van der Waals surface area (Å²) in [6.45, 7) is 1.36. The number of hydrogen-bond acceptors (Lipinski definition) is 5. The molecule has 0 bridgehead atoms. The molecule has 0 saturated heterocycles. The molecule has 1 aromatic heterocycles. The van der Waals surface area contributed by atoms with Crippen LogP contribution in [-0.2, 0) is 0 Å². The van der Waals surface area contributed by atoms with Gasteiger partial charge in [-0.2, -0.15) is 0 Å². The number of fused-ring (bicyclic) bond motifs is 2. The molecular formula is C23H22Cl2N2O2S. The van der Waals surface area contributed by atoms with Crippen LogP contribution >= 0.6 is 35.0 Å². The zero-order chi connectivity index (χ0) is 21.1. The van der Waals surface area contributed by atoms with Crippen molar-refractivity contribution in [1.29, 1.82) is 0 Å². The Morgan fingerprint density at radius 2 is 1.90 bits per heavy atom. The number of anilines is 2. The lowest BCUT2D eigenvalue weighted by molar-refractivity contribution is 0.559. The maximum absolute atomic E-state index is 12.6. The normalized spacial score (nSPS) is 15.8. The Bertz CT molecular complexity index is 1130. The Kier molecular flexibility index (Phi) is 6.61. The van der Waals surface area contributed by atoms with E-state index in [0.717, 1.165) is 11.1 Å². The van der Waals surface area contributed by atoms with Gasteiger partial charge in [0, 0.05) is 53.9 Å². The fourth-order valence-corrected chi connectivity index (χ4v) is 5.14. The van der Waals surface area contributed by atoms with Crippen molar-refractivity contribution in [3.05, 3.63) is 70.6 Å². The van der Waals surface area contributed by atoms with E-state index in [2.05, 4.69) is 29.0 Å². The lowest BCUT2D eigenvalue weighted by Gasteiger charge is -2.22. The van der Waals surface area contributed by atoms with E-state index >= 15 is 0 Å². The fraction of sp³-hybridized carbons (Fsp3) is 0.261. The van der Waals surface area contributed by atoms with Crippen LogP contribution in [0, 0.1) is 0 Å². The number of thioether (sulfide) groups is 1. The van der Waals surface area contributed by atoms with Crippen molar-refractivity contribution >= 4 is 63.4 Å². The molecule has 0 aliphatic carbocycles. The predicted octanol–water partition coefficient (Wildman–Crippen LogP) is 5.66. The fourth-order valence-electron chi connectivity index (χ4n) is 3.55. The summed E-state index contributed by atoms with van der Waals surface area (Å²) in [5.41, 5.74) is 2.90. The maximum atomic E-state index is 12.6. The van der Waals surface area contributed by atoms with Gasteiger partial charge >= 0.3 is 5.63 Å². The molecule has 156 valence electrons. The Hall–Kier alpha value is -2.08. The summed E-state index contributed by atoms with van der Waals surface area (Å²) in [7, 11) is 2.06. The Balaban J connectivity index is 1.59. The summed E-state index contributed by atoms with van der Waals surface area (Å²) in [4.78, 5) is 18.1. The second-order valence-corrected chi connectivity index (χ2v) is 8.94. The molecule has 3 aromatic rings. The van der Waals surface area contributed by atoms with E-state index in [0.29, 0.717) is 36.0 Å². The van der Waals surface area contributed by atoms with Crippen LogP contribution in [0.4, 0.5) is 11.4 Å². The van der Waals surface area contributed by atoms with Crippen LogP contribution in [0.15, 0.2) is 68.7 Å². The van der Waals surface area contributed by atoms with Crippen molar-refractivity contribution in [3.8, 4) is 0 Å². The quantitative estimate of drug-likeness (QED) is 0.335. The first-order valence-electron chi connectivity index (χ1n) is 9.72. The minimum atomic E-state index is -0.347. The third-order valence-corrected chi connectivity index (χ3v) is 6.79. The van der Waals surface area contributed by atoms with Gasteiger partial charge in [0.25, 0.3) is 0 Å². The maximum Gasteiger partial charge on any atom is 0.343 e. The van der Waals surface area contributed by atoms with E-state index in [9.17, 15) is 4.79 Å². The lowest BCUT2D eigenvalue weighted by Crippen LogP contribution is -2.27. The van der Waals surface area contributed by atoms with Gasteiger partial charge in [0.15, 0.2) is 0 Å². The molecule has 30 heavy (non-hydrogen) atoms. The highest BCUT2D eigenvalue weighted by Gasteiger charge is 2.24. The number of nitrogens with zero attached hydrogens (tertiary/aromatic N) is 2. The minimum absolute atomic E-state index is 0.138. The van der Waals surface area contributed by atoms with Gasteiger partial charge in [0.05, 0.1) is 16.6 Å². The molecule has 1 unspecified atom stereocenters. The van der Waals surface area contributed by atoms with E-state index in [1.165, 1.54) is 10.6 Å². The SMILES string of the molecule is CN1c2ccccc2SC1/C=C/c1cc2ccc(N(CCCl)CCCl)cc2oc1=O. The molecule has 1 aliphatic rings. The van der Waals surface area contributed by atoms with Crippen LogP contribution in [0.2, 0.25) is 0 Å². The first-order chi connectivity index (χ1) is 14.6. The molecule has 4 nitrogen and oxygen atoms in total. The summed E-state index contributed by atoms with van der Waals surface area (Å²) < 4.78 is 5.62. The number of alkyl halides is 2. The smallest absolute Gasteiger partial charge is 0.343 e. The third-order valence-electron chi connectivity index (χ3n) is 5.14. The molecule has 0 fully saturated rings. The second-order valence-electron chi connectivity index (χ2n) is 7.02. The van der Waals surface area contributed by atoms with E-state index in [1.807, 2.05) is 48.6 Å². The van der Waals surface area contributed by atoms with Crippen LogP contribution < -0.4 is 15.4 Å². The van der Waals surface area contributed by atoms with Crippen molar-refractivity contribution in [1.82, 2.24) is 0 Å². The van der Waals surface area contributed by atoms with Gasteiger partial charge < -0.3 is 14.2 Å². The van der Waals surface area contributed by atoms with Gasteiger partial charge in [-0.05, 0) is 36.4 Å². The van der Waals surface area contributed by atoms with Crippen molar-refractivity contribution in [2.45, 2.75) is 10.3 Å². The Morgan fingerprint density at radius 3 is 2.63 bits per heavy atom. The molecule has 0 radical (unpaired) electrons. The minimum Gasteiger partial charge on any atom is -0.422 e. The van der Waals surface area contributed by atoms with Gasteiger partial charge in [-0.25, -0.2) is 4.79 Å². The molecule has 0 amide bonds. The van der Waals surface area contributed by atoms with Crippen LogP contribution in [0.25, 0.3) is 17.0 Å². The lowest BCUT2D eigenvalue weighted by atomic mass is 10.1. The highest BCUT2D eigenvalue weighted by molar-refractivity contribution is 8.00. The van der Waals surface area contributed by atoms with E-state index in [4.69, 9.17) is 27.6 Å². The molecule has 2 aromatic carbocycles. The molecule has 0 spiro atoms. The van der Waals surface area contributed by atoms with Gasteiger partial charge in [0.1, 0.15) is 5.58 Å². The number of para-hydroxylation sites is 1. The Labute approximate surface area is 190 Å². The molecule has 7 heteroatoms. The molecule has 4 rings (SSSR count). The zero-order valence-electron chi connectivity index (χ0n) is 16.6. The first-order valence-corrected chi connectivity index (χ1v) is 11.7. The van der Waals surface area contributed by atoms with Crippen LogP contribution in [0.5, 0.6) is 0 Å². The van der Waals surface area contributed by atoms with Crippen LogP contribution in [0.3, 0.4) is 0 Å². The number of hydrogen-bond donors (Lipinski definition) is 0. The topological polar surface area (TPSA) is 36.7 Å². The predicted molar refractivity (Wildman–Crippen MR) is 130 cm³/mol. The molecule has 1 atom stereocenters. The van der Waals surface area contributed by atoms with E-state index < -0.39 is 0 Å². The first kappa shape index (κ1) is 21.2. The molecule has 0 saturated carbocycles. The van der Waals surface area contributed by atoms with Crippen molar-refractivity contribution in [2.24, 2.45) is 0 Å². The standard InChI is InChI=1S/C23H22Cl2N2O2S/c1-26-19-4-2-3-5-21(19)30-22(26)9-7-17-14-16-6-8-18(15-20(16)29-23(17)28)27(12-10-24)13-11-25/h2-9,14-15,22H,10-13H2,1H3/b9-7+. The van der Waals surface area contributed by atoms with Crippen LogP contribution in [-0.4, -0.2) is 37.3 Å². The highest BCUT2D eigenvalue weighted by atomic mass is 35.5. The monoisotopic (exact) mass is 460 g/mol. The largest absolute Gasteiger partial charge is 0.422 e. The summed E-state index contributed by atoms with van der Waals surface area (Å²) in [5.74, 6) is 1.00. The summed E-state index contributed by atoms with van der Waals surface area (Å²) in [5, 5.41) is 1.02. The van der Waals surface area contributed by atoms with E-state index in [1.54, 1.807) is 11.8 Å². The van der Waals surface area contributed by atoms with E-state index in [-0.39, 0.29) is 11.0 Å². The van der Waals surface area contributed by atoms with Crippen LogP contribution in [0.1, 0.15) is 5.56 Å². The Morgan fingerprint density at radius 1 is 1.13 bits per heavy atom. The van der Waals surface area contributed by atoms with Gasteiger partial charge in [-0.1, -0.05) is 30.0 Å². The number of halogens is 2.